The van der Waals surface area contributed by atoms with Crippen molar-refractivity contribution < 1.29 is 43.5 Å². The normalized spacial score (nSPS) is 17.5. The Labute approximate surface area is 329 Å². The molecule has 0 spiro atoms. The second kappa shape index (κ2) is 25.3. The van der Waals surface area contributed by atoms with Gasteiger partial charge in [0, 0.05) is 6.92 Å². The highest BCUT2D eigenvalue weighted by atomic mass is 32.2. The molecule has 0 radical (unpaired) electrons. The Morgan fingerprint density at radius 1 is 0.673 bits per heavy atom. The molecule has 10 N–H and O–H groups in total. The summed E-state index contributed by atoms with van der Waals surface area (Å²) in [5, 5.41) is 27.9. The summed E-state index contributed by atoms with van der Waals surface area (Å²) < 4.78 is 0. The number of hydrogen-bond donors (Lipinski definition) is 9. The molecular formula is C37H66N8O9S. The molecule has 0 unspecified atom stereocenters. The molecule has 0 aliphatic heterocycles. The Morgan fingerprint density at radius 3 is 1.67 bits per heavy atom. The van der Waals surface area contributed by atoms with Crippen molar-refractivity contribution in [2.75, 3.05) is 18.6 Å². The number of hydrogen-bond acceptors (Lipinski definition) is 10. The van der Waals surface area contributed by atoms with Crippen LogP contribution in [0, 0.1) is 17.8 Å². The number of aliphatic hydroxyl groups is 1. The van der Waals surface area contributed by atoms with Crippen LogP contribution < -0.4 is 43.0 Å². The van der Waals surface area contributed by atoms with Gasteiger partial charge in [-0.2, -0.15) is 11.8 Å². The molecule has 55 heavy (non-hydrogen) atoms. The van der Waals surface area contributed by atoms with E-state index in [9.17, 15) is 43.5 Å². The molecule has 0 saturated heterocycles. The molecule has 0 aromatic rings. The van der Waals surface area contributed by atoms with Gasteiger partial charge in [0.25, 0.3) is 0 Å². The minimum atomic E-state index is -1.44. The van der Waals surface area contributed by atoms with Gasteiger partial charge in [-0.3, -0.25) is 38.4 Å². The van der Waals surface area contributed by atoms with Crippen LogP contribution in [0.4, 0.5) is 0 Å². The summed E-state index contributed by atoms with van der Waals surface area (Å²) >= 11 is 1.42. The van der Waals surface area contributed by atoms with Crippen molar-refractivity contribution in [2.24, 2.45) is 23.5 Å². The molecule has 1 saturated carbocycles. The maximum Gasteiger partial charge on any atom is 0.245 e. The minimum absolute atomic E-state index is 0.0223. The van der Waals surface area contributed by atoms with E-state index in [-0.39, 0.29) is 36.5 Å². The van der Waals surface area contributed by atoms with Gasteiger partial charge in [-0.15, -0.1) is 0 Å². The predicted molar refractivity (Wildman–Crippen MR) is 210 cm³/mol. The SMILES string of the molecule is CC[C@@H](C)[C@H](NC(=O)[C@H](CC1CCCCC1)NC(C)=O)C(=O)N[C@@H](C)C(=O)N[C@@H](CCSC)C(=O)N[C@@H](C)C(=O)N[C@@H](CO)C(=O)N[C@@H](CC(C)C)C(N)=O. The van der Waals surface area contributed by atoms with Crippen molar-refractivity contribution >= 4 is 59.0 Å². The van der Waals surface area contributed by atoms with Crippen LogP contribution in [0.1, 0.15) is 106 Å². The monoisotopic (exact) mass is 798 g/mol. The quantitative estimate of drug-likeness (QED) is 0.0617. The molecule has 8 atom stereocenters. The van der Waals surface area contributed by atoms with Crippen LogP contribution >= 0.6 is 11.8 Å². The number of primary amides is 1. The fourth-order valence-electron chi connectivity index (χ4n) is 6.22. The molecule has 1 aliphatic carbocycles. The van der Waals surface area contributed by atoms with E-state index in [1.165, 1.54) is 32.5 Å². The van der Waals surface area contributed by atoms with Gasteiger partial charge in [0.2, 0.25) is 47.3 Å². The number of rotatable bonds is 24. The number of thioether (sulfide) groups is 1. The first-order valence-electron chi connectivity index (χ1n) is 19.3. The van der Waals surface area contributed by atoms with Crippen molar-refractivity contribution in [1.29, 1.82) is 0 Å². The molecule has 1 fully saturated rings. The van der Waals surface area contributed by atoms with E-state index in [1.807, 2.05) is 27.0 Å². The van der Waals surface area contributed by atoms with Gasteiger partial charge in [-0.05, 0) is 62.9 Å². The molecule has 314 valence electrons. The maximum absolute atomic E-state index is 13.6. The number of carbonyl (C=O) groups is 8. The fourth-order valence-corrected chi connectivity index (χ4v) is 6.69. The first kappa shape index (κ1) is 49.1. The third-order valence-electron chi connectivity index (χ3n) is 9.71. The van der Waals surface area contributed by atoms with Crippen molar-refractivity contribution in [2.45, 2.75) is 149 Å². The van der Waals surface area contributed by atoms with Crippen LogP contribution in [0.25, 0.3) is 0 Å². The molecule has 0 aromatic carbocycles. The number of amides is 8. The van der Waals surface area contributed by atoms with Crippen molar-refractivity contribution in [3.05, 3.63) is 0 Å². The van der Waals surface area contributed by atoms with Crippen LogP contribution in [-0.2, 0) is 38.4 Å². The Hall–Kier alpha value is -3.93. The summed E-state index contributed by atoms with van der Waals surface area (Å²) in [5.74, 6) is -4.78. The third-order valence-corrected chi connectivity index (χ3v) is 10.4. The lowest BCUT2D eigenvalue weighted by Gasteiger charge is -2.30. The lowest BCUT2D eigenvalue weighted by atomic mass is 9.84. The lowest BCUT2D eigenvalue weighted by molar-refractivity contribution is -0.136. The average molecular weight is 799 g/mol. The summed E-state index contributed by atoms with van der Waals surface area (Å²) in [7, 11) is 0. The highest BCUT2D eigenvalue weighted by molar-refractivity contribution is 7.98. The highest BCUT2D eigenvalue weighted by Gasteiger charge is 2.34. The molecule has 17 nitrogen and oxygen atoms in total. The van der Waals surface area contributed by atoms with Gasteiger partial charge in [-0.1, -0.05) is 66.2 Å². The molecular weight excluding hydrogens is 733 g/mol. The fraction of sp³-hybridized carbons (Fsp3) is 0.784. The highest BCUT2D eigenvalue weighted by Crippen LogP contribution is 2.27. The molecule has 8 amide bonds. The van der Waals surface area contributed by atoms with E-state index in [0.29, 0.717) is 18.6 Å². The van der Waals surface area contributed by atoms with Crippen LogP contribution in [0.3, 0.4) is 0 Å². The second-order valence-electron chi connectivity index (χ2n) is 15.0. The average Bonchev–Trinajstić information content (AvgIpc) is 3.12. The lowest BCUT2D eigenvalue weighted by Crippen LogP contribution is -2.60. The molecule has 0 aromatic heterocycles. The number of nitrogens with two attached hydrogens (primary N) is 1. The summed E-state index contributed by atoms with van der Waals surface area (Å²) in [4.78, 5) is 103. The summed E-state index contributed by atoms with van der Waals surface area (Å²) in [6, 6.07) is -7.71. The predicted octanol–water partition coefficient (Wildman–Crippen LogP) is -0.267. The van der Waals surface area contributed by atoms with Gasteiger partial charge >= 0.3 is 0 Å². The number of carbonyl (C=O) groups excluding carboxylic acids is 8. The molecule has 1 aliphatic rings. The Balaban J connectivity index is 2.96. The van der Waals surface area contributed by atoms with Crippen molar-refractivity contribution in [3.63, 3.8) is 0 Å². The maximum atomic E-state index is 13.6. The van der Waals surface area contributed by atoms with E-state index in [1.54, 1.807) is 6.92 Å². The summed E-state index contributed by atoms with van der Waals surface area (Å²) in [6.45, 7) is 10.7. The van der Waals surface area contributed by atoms with E-state index in [4.69, 9.17) is 5.73 Å². The topological polar surface area (TPSA) is 267 Å². The third kappa shape index (κ3) is 18.0. The van der Waals surface area contributed by atoms with Crippen molar-refractivity contribution in [1.82, 2.24) is 37.2 Å². The van der Waals surface area contributed by atoms with Crippen molar-refractivity contribution in [3.8, 4) is 0 Å². The van der Waals surface area contributed by atoms with E-state index >= 15 is 0 Å². The van der Waals surface area contributed by atoms with E-state index in [2.05, 4.69) is 37.2 Å². The zero-order valence-corrected chi connectivity index (χ0v) is 34.6. The van der Waals surface area contributed by atoms with Crippen LogP contribution in [0.15, 0.2) is 0 Å². The Kier molecular flexibility index (Phi) is 22.6. The van der Waals surface area contributed by atoms with Crippen LogP contribution in [0.5, 0.6) is 0 Å². The number of aliphatic hydroxyl groups excluding tert-OH is 1. The van der Waals surface area contributed by atoms with Gasteiger partial charge in [0.05, 0.1) is 6.61 Å². The first-order chi connectivity index (χ1) is 25.8. The van der Waals surface area contributed by atoms with Gasteiger partial charge in [-0.25, -0.2) is 0 Å². The smallest absolute Gasteiger partial charge is 0.245 e. The number of nitrogens with one attached hydrogen (secondary N) is 7. The van der Waals surface area contributed by atoms with E-state index < -0.39 is 90.3 Å². The zero-order chi connectivity index (χ0) is 41.8. The molecule has 1 rings (SSSR count). The second-order valence-corrected chi connectivity index (χ2v) is 16.0. The Bertz CT molecular complexity index is 1310. The first-order valence-corrected chi connectivity index (χ1v) is 20.7. The van der Waals surface area contributed by atoms with Crippen LogP contribution in [0.2, 0.25) is 0 Å². The summed E-state index contributed by atoms with van der Waals surface area (Å²) in [6.07, 6.45) is 8.45. The van der Waals surface area contributed by atoms with Gasteiger partial charge in [0.1, 0.15) is 42.3 Å². The van der Waals surface area contributed by atoms with Crippen LogP contribution in [-0.4, -0.2) is 113 Å². The van der Waals surface area contributed by atoms with Gasteiger partial charge in [0.15, 0.2) is 0 Å². The zero-order valence-electron chi connectivity index (χ0n) is 33.8. The standard InChI is InChI=1S/C37H66N8O9S/c1-9-21(4)30(45-35(52)28(41-24(7)47)18-25-13-11-10-12-14-25)37(54)40-23(6)32(49)42-26(15-16-55-8)34(51)39-22(5)33(50)44-29(19-46)36(53)43-27(31(38)48)17-20(2)3/h20-23,25-30,46H,9-19H2,1-8H3,(H2,38,48)(H,39,51)(H,40,54)(H,41,47)(H,42,49)(H,43,53)(H,44,50)(H,45,52)/t21-,22+,23+,26+,27+,28+,29+,30+/m1/s1. The van der Waals surface area contributed by atoms with E-state index in [0.717, 1.165) is 32.1 Å². The Morgan fingerprint density at radius 2 is 1.18 bits per heavy atom. The summed E-state index contributed by atoms with van der Waals surface area (Å²) in [5.41, 5.74) is 5.39. The molecule has 0 bridgehead atoms. The minimum Gasteiger partial charge on any atom is -0.394 e. The van der Waals surface area contributed by atoms with Gasteiger partial charge < -0.3 is 48.1 Å². The largest absolute Gasteiger partial charge is 0.394 e. The molecule has 18 heteroatoms. The molecule has 0 heterocycles.